The smallest absolute Gasteiger partial charge is 0.417 e. The number of phenolic OH excluding ortho intramolecular Hbond substituents is 1. The highest BCUT2D eigenvalue weighted by Gasteiger charge is 2.72. The van der Waals surface area contributed by atoms with Crippen molar-refractivity contribution in [3.8, 4) is 11.5 Å². The number of aryl methyl sites for hydroxylation is 1. The van der Waals surface area contributed by atoms with E-state index in [9.17, 15) is 44.1 Å². The SMILES string of the molecule is Cc1ccc(OC(=O)Nc2ccc3c(c2O)C(=O)C2C(=O)[C@@]4(O)C(=O)C(C(N)=O)C(=O)[C@H](N(C)C)[C@H]4[C@H](O)[C@H]2[C@@H]3C)cc1. The molecule has 2 fully saturated rings. The minimum atomic E-state index is -3.10. The Morgan fingerprint density at radius 2 is 1.65 bits per heavy atom. The molecule has 0 bridgehead atoms. The monoisotopic (exact) mass is 593 g/mol. The maximum Gasteiger partial charge on any atom is 0.417 e. The number of rotatable bonds is 4. The van der Waals surface area contributed by atoms with E-state index >= 15 is 0 Å². The van der Waals surface area contributed by atoms with E-state index in [1.54, 1.807) is 31.2 Å². The van der Waals surface area contributed by atoms with Crippen LogP contribution < -0.4 is 15.8 Å². The van der Waals surface area contributed by atoms with Gasteiger partial charge < -0.3 is 25.8 Å². The molecule has 2 aromatic carbocycles. The van der Waals surface area contributed by atoms with Crippen LogP contribution in [0.3, 0.4) is 0 Å². The number of ether oxygens (including phenoxy) is 1. The van der Waals surface area contributed by atoms with Crippen molar-refractivity contribution in [2.45, 2.75) is 37.5 Å². The molecule has 8 atom stereocenters. The number of aliphatic hydroxyl groups is 2. The molecular weight excluding hydrogens is 562 g/mol. The van der Waals surface area contributed by atoms with Gasteiger partial charge in [-0.15, -0.1) is 0 Å². The molecule has 0 saturated heterocycles. The highest BCUT2D eigenvalue weighted by molar-refractivity contribution is 6.32. The number of carbonyl (C=O) groups excluding carboxylic acids is 6. The molecule has 3 aliphatic carbocycles. The minimum Gasteiger partial charge on any atom is -0.505 e. The number of amides is 2. The molecule has 226 valence electrons. The first-order chi connectivity index (χ1) is 20.1. The fourth-order valence-electron chi connectivity index (χ4n) is 6.94. The number of anilines is 1. The lowest BCUT2D eigenvalue weighted by Crippen LogP contribution is -2.77. The Morgan fingerprint density at radius 1 is 1.02 bits per heavy atom. The van der Waals surface area contributed by atoms with E-state index < -0.39 is 88.2 Å². The Bertz CT molecular complexity index is 1590. The lowest BCUT2D eigenvalue weighted by atomic mass is 9.49. The molecular formula is C30H31N3O10. The third kappa shape index (κ3) is 4.34. The summed E-state index contributed by atoms with van der Waals surface area (Å²) in [5.41, 5.74) is 2.84. The number of likely N-dealkylation sites (N-methyl/N-ethyl adjacent to an activating group) is 1. The number of nitrogens with zero attached hydrogens (tertiary/aromatic N) is 1. The summed E-state index contributed by atoms with van der Waals surface area (Å²) in [4.78, 5) is 80.6. The van der Waals surface area contributed by atoms with Crippen LogP contribution >= 0.6 is 0 Å². The number of fused-ring (bicyclic) bond motifs is 3. The van der Waals surface area contributed by atoms with E-state index in [2.05, 4.69) is 5.32 Å². The van der Waals surface area contributed by atoms with E-state index in [0.717, 1.165) is 5.56 Å². The van der Waals surface area contributed by atoms with Crippen LogP contribution in [0.1, 0.15) is 34.3 Å². The summed E-state index contributed by atoms with van der Waals surface area (Å²) in [7, 11) is 2.84. The van der Waals surface area contributed by atoms with E-state index in [1.807, 2.05) is 6.92 Å². The number of nitrogens with two attached hydrogens (primary N) is 1. The first-order valence-electron chi connectivity index (χ1n) is 13.6. The molecule has 0 radical (unpaired) electrons. The van der Waals surface area contributed by atoms with Gasteiger partial charge in [-0.05, 0) is 50.7 Å². The van der Waals surface area contributed by atoms with Crippen molar-refractivity contribution in [2.24, 2.45) is 29.4 Å². The van der Waals surface area contributed by atoms with Crippen molar-refractivity contribution < 1.29 is 48.8 Å². The number of hydrogen-bond donors (Lipinski definition) is 5. The van der Waals surface area contributed by atoms with Crippen LogP contribution in [-0.2, 0) is 19.2 Å². The second kappa shape index (κ2) is 10.4. The Balaban J connectivity index is 1.55. The Hall–Kier alpha value is -4.46. The van der Waals surface area contributed by atoms with Crippen molar-refractivity contribution in [3.63, 3.8) is 0 Å². The molecule has 2 aromatic rings. The van der Waals surface area contributed by atoms with Crippen molar-refractivity contribution in [1.29, 1.82) is 0 Å². The first kappa shape index (κ1) is 30.0. The fraction of sp³-hybridized carbons (Fsp3) is 0.400. The summed E-state index contributed by atoms with van der Waals surface area (Å²) in [5.74, 6) is -14.3. The summed E-state index contributed by atoms with van der Waals surface area (Å²) in [5, 5.41) is 36.8. The van der Waals surface area contributed by atoms with Crippen LogP contribution in [0.2, 0.25) is 0 Å². The standard InChI is InChI=1S/C30H31N3O10/c1-11-5-7-13(8-6-11)43-29(41)32-15-10-9-14-12(2)16-18(23(35)17(14)22(15)34)26(38)30(42)20(24(16)36)21(33(3)4)25(37)19(27(30)39)28(31)40/h5-10,12,16,18-21,24,34,36,42H,1-4H3,(H2,31,40)(H,32,41)/t12-,16+,18?,19?,20+,21-,24-,30-/m1/s1. The van der Waals surface area contributed by atoms with Crippen LogP contribution in [0.4, 0.5) is 10.5 Å². The van der Waals surface area contributed by atoms with Gasteiger partial charge in [-0.1, -0.05) is 30.7 Å². The average Bonchev–Trinajstić information content (AvgIpc) is 2.93. The quantitative estimate of drug-likeness (QED) is 0.240. The molecule has 0 aliphatic heterocycles. The molecule has 43 heavy (non-hydrogen) atoms. The third-order valence-corrected chi connectivity index (χ3v) is 8.96. The van der Waals surface area contributed by atoms with Crippen molar-refractivity contribution in [1.82, 2.24) is 4.90 Å². The second-order valence-electron chi connectivity index (χ2n) is 11.6. The summed E-state index contributed by atoms with van der Waals surface area (Å²) in [6, 6.07) is 7.89. The van der Waals surface area contributed by atoms with Gasteiger partial charge in [-0.3, -0.25) is 34.2 Å². The predicted molar refractivity (Wildman–Crippen MR) is 148 cm³/mol. The molecule has 5 rings (SSSR count). The number of carbonyl (C=O) groups is 6. The van der Waals surface area contributed by atoms with Gasteiger partial charge >= 0.3 is 6.09 Å². The Morgan fingerprint density at radius 3 is 2.23 bits per heavy atom. The number of aliphatic hydroxyl groups excluding tert-OH is 1. The van der Waals surface area contributed by atoms with E-state index in [1.165, 1.54) is 31.1 Å². The number of aromatic hydroxyl groups is 1. The third-order valence-electron chi connectivity index (χ3n) is 8.96. The zero-order valence-electron chi connectivity index (χ0n) is 23.7. The number of primary amides is 1. The molecule has 13 heteroatoms. The summed E-state index contributed by atoms with van der Waals surface area (Å²) >= 11 is 0. The van der Waals surface area contributed by atoms with Gasteiger partial charge in [0.2, 0.25) is 5.91 Å². The highest BCUT2D eigenvalue weighted by atomic mass is 16.6. The van der Waals surface area contributed by atoms with E-state index in [4.69, 9.17) is 10.5 Å². The molecule has 2 amide bonds. The van der Waals surface area contributed by atoms with Gasteiger partial charge in [0.1, 0.15) is 11.5 Å². The number of Topliss-reactive ketones (excluding diaryl/α,β-unsaturated/α-hetero) is 4. The van der Waals surface area contributed by atoms with Crippen LogP contribution in [0.15, 0.2) is 36.4 Å². The average molecular weight is 594 g/mol. The number of nitrogens with one attached hydrogen (secondary N) is 1. The lowest BCUT2D eigenvalue weighted by molar-refractivity contribution is -0.196. The molecule has 2 saturated carbocycles. The molecule has 0 aromatic heterocycles. The summed E-state index contributed by atoms with van der Waals surface area (Å²) in [6.07, 6.45) is -2.71. The van der Waals surface area contributed by atoms with Crippen LogP contribution in [-0.4, -0.2) is 87.2 Å². The van der Waals surface area contributed by atoms with Crippen LogP contribution in [0.5, 0.6) is 11.5 Å². The zero-order chi connectivity index (χ0) is 31.7. The van der Waals surface area contributed by atoms with Gasteiger partial charge in [0.05, 0.1) is 35.2 Å². The normalized spacial score (nSPS) is 31.7. The topological polar surface area (TPSA) is 214 Å². The van der Waals surface area contributed by atoms with Gasteiger partial charge in [0.15, 0.2) is 34.7 Å². The number of phenols is 1. The lowest BCUT2D eigenvalue weighted by Gasteiger charge is -2.56. The number of benzene rings is 2. The summed E-state index contributed by atoms with van der Waals surface area (Å²) in [6.45, 7) is 3.44. The number of hydrogen-bond acceptors (Lipinski definition) is 11. The van der Waals surface area contributed by atoms with Crippen LogP contribution in [0, 0.1) is 30.6 Å². The highest BCUT2D eigenvalue weighted by Crippen LogP contribution is 2.55. The molecule has 0 spiro atoms. The Labute approximate surface area is 245 Å². The van der Waals surface area contributed by atoms with E-state index in [0.29, 0.717) is 0 Å². The second-order valence-corrected chi connectivity index (χ2v) is 11.6. The van der Waals surface area contributed by atoms with Gasteiger partial charge in [-0.2, -0.15) is 0 Å². The maximum absolute atomic E-state index is 14.0. The minimum absolute atomic E-state index is 0.212. The Kier molecular flexibility index (Phi) is 7.23. The van der Waals surface area contributed by atoms with Crippen LogP contribution in [0.25, 0.3) is 0 Å². The molecule has 3 aliphatic rings. The molecule has 13 nitrogen and oxygen atoms in total. The van der Waals surface area contributed by atoms with Crippen molar-refractivity contribution >= 4 is 40.8 Å². The predicted octanol–water partition coefficient (Wildman–Crippen LogP) is 0.318. The van der Waals surface area contributed by atoms with Crippen molar-refractivity contribution in [2.75, 3.05) is 19.4 Å². The molecule has 2 unspecified atom stereocenters. The summed E-state index contributed by atoms with van der Waals surface area (Å²) < 4.78 is 5.22. The molecule has 6 N–H and O–H groups in total. The fourth-order valence-corrected chi connectivity index (χ4v) is 6.94. The van der Waals surface area contributed by atoms with Crippen molar-refractivity contribution in [3.05, 3.63) is 53.1 Å². The zero-order valence-corrected chi connectivity index (χ0v) is 23.7. The number of ketones is 4. The van der Waals surface area contributed by atoms with Gasteiger partial charge in [0.25, 0.3) is 0 Å². The molecule has 0 heterocycles. The largest absolute Gasteiger partial charge is 0.505 e. The first-order valence-corrected chi connectivity index (χ1v) is 13.6. The van der Waals surface area contributed by atoms with Gasteiger partial charge in [-0.25, -0.2) is 4.79 Å². The van der Waals surface area contributed by atoms with Gasteiger partial charge in [0, 0.05) is 5.92 Å². The maximum atomic E-state index is 14.0. The van der Waals surface area contributed by atoms with E-state index in [-0.39, 0.29) is 22.6 Å².